The Morgan fingerprint density at radius 1 is 1.03 bits per heavy atom. The van der Waals surface area contributed by atoms with Gasteiger partial charge in [0, 0.05) is 6.04 Å². The maximum Gasteiger partial charge on any atom is 0.291 e. The molecule has 2 atom stereocenters. The zero-order valence-corrected chi connectivity index (χ0v) is 20.0. The van der Waals surface area contributed by atoms with Crippen molar-refractivity contribution in [1.82, 2.24) is 4.90 Å². The number of nitrogens with zero attached hydrogens (tertiary/aromatic N) is 1. The van der Waals surface area contributed by atoms with Gasteiger partial charge in [-0.1, -0.05) is 56.7 Å². The second-order valence-corrected chi connectivity index (χ2v) is 12.4. The fraction of sp³-hybridized carbons (Fsp3) is 0.385. The molecule has 1 fully saturated rings. The molecule has 0 spiro atoms. The van der Waals surface area contributed by atoms with E-state index >= 15 is 0 Å². The first-order valence-corrected chi connectivity index (χ1v) is 13.0. The summed E-state index contributed by atoms with van der Waals surface area (Å²) in [7, 11) is -3.23. The van der Waals surface area contributed by atoms with Crippen LogP contribution in [-0.4, -0.2) is 36.8 Å². The molecule has 33 heavy (non-hydrogen) atoms. The van der Waals surface area contributed by atoms with Crippen molar-refractivity contribution in [3.8, 4) is 0 Å². The van der Waals surface area contributed by atoms with Gasteiger partial charge in [-0.15, -0.1) is 0 Å². The van der Waals surface area contributed by atoms with E-state index in [2.05, 4.69) is 20.8 Å². The predicted octanol–water partition coefficient (Wildman–Crippen LogP) is 4.13. The van der Waals surface area contributed by atoms with Gasteiger partial charge in [-0.2, -0.15) is 0 Å². The fourth-order valence-corrected chi connectivity index (χ4v) is 6.68. The molecule has 2 aliphatic heterocycles. The lowest BCUT2D eigenvalue weighted by atomic mass is 9.85. The van der Waals surface area contributed by atoms with Gasteiger partial charge in [-0.3, -0.25) is 9.59 Å². The second-order valence-electron chi connectivity index (χ2n) is 10.2. The highest BCUT2D eigenvalue weighted by Crippen LogP contribution is 2.41. The summed E-state index contributed by atoms with van der Waals surface area (Å²) in [6, 6.07) is 12.0. The van der Waals surface area contributed by atoms with Crippen molar-refractivity contribution in [3.05, 3.63) is 80.7 Å². The Morgan fingerprint density at radius 3 is 2.33 bits per heavy atom. The number of benzene rings is 2. The van der Waals surface area contributed by atoms with E-state index in [1.165, 1.54) is 0 Å². The van der Waals surface area contributed by atoms with Crippen molar-refractivity contribution in [2.24, 2.45) is 0 Å². The molecule has 0 bridgehead atoms. The molecular formula is C26H27NO5S. The lowest BCUT2D eigenvalue weighted by molar-refractivity contribution is 0.0662. The molecule has 2 aliphatic rings. The van der Waals surface area contributed by atoms with Crippen LogP contribution in [0.1, 0.15) is 66.0 Å². The predicted molar refractivity (Wildman–Crippen MR) is 127 cm³/mol. The summed E-state index contributed by atoms with van der Waals surface area (Å²) in [4.78, 5) is 28.8. The van der Waals surface area contributed by atoms with E-state index < -0.39 is 27.8 Å². The Labute approximate surface area is 193 Å². The quantitative estimate of drug-likeness (QED) is 0.568. The third kappa shape index (κ3) is 3.59. The van der Waals surface area contributed by atoms with Crippen LogP contribution in [0.4, 0.5) is 0 Å². The zero-order valence-electron chi connectivity index (χ0n) is 19.2. The molecule has 5 rings (SSSR count). The molecule has 7 heteroatoms. The van der Waals surface area contributed by atoms with Crippen LogP contribution in [0.5, 0.6) is 0 Å². The van der Waals surface area contributed by atoms with Crippen molar-refractivity contribution >= 4 is 26.7 Å². The van der Waals surface area contributed by atoms with E-state index in [1.807, 2.05) is 37.3 Å². The summed E-state index contributed by atoms with van der Waals surface area (Å²) in [6.45, 7) is 8.26. The van der Waals surface area contributed by atoms with Gasteiger partial charge in [0.1, 0.15) is 5.58 Å². The van der Waals surface area contributed by atoms with Gasteiger partial charge in [0.05, 0.1) is 28.5 Å². The topological polar surface area (TPSA) is 84.7 Å². The number of aryl methyl sites for hydroxylation is 1. The minimum Gasteiger partial charge on any atom is -0.450 e. The Hall–Kier alpha value is -2.93. The maximum atomic E-state index is 13.7. The van der Waals surface area contributed by atoms with Crippen LogP contribution in [0.15, 0.2) is 51.7 Å². The van der Waals surface area contributed by atoms with Crippen LogP contribution in [0.25, 0.3) is 11.0 Å². The van der Waals surface area contributed by atoms with Gasteiger partial charge in [-0.25, -0.2) is 8.42 Å². The smallest absolute Gasteiger partial charge is 0.291 e. The third-order valence-corrected chi connectivity index (χ3v) is 8.51. The maximum absolute atomic E-state index is 13.7. The van der Waals surface area contributed by atoms with E-state index in [0.29, 0.717) is 23.0 Å². The zero-order chi connectivity index (χ0) is 23.7. The van der Waals surface area contributed by atoms with Crippen molar-refractivity contribution in [3.63, 3.8) is 0 Å². The number of hydrogen-bond acceptors (Lipinski definition) is 5. The Kier molecular flexibility index (Phi) is 4.83. The van der Waals surface area contributed by atoms with Crippen molar-refractivity contribution in [1.29, 1.82) is 0 Å². The fourth-order valence-electron chi connectivity index (χ4n) is 4.97. The Morgan fingerprint density at radius 2 is 1.73 bits per heavy atom. The SMILES string of the molecule is Cc1ccc2oc3c(c(=O)c2c1)C(c1ccc(C(C)(C)C)cc1)N(C1CCS(=O)(=O)C1)C3=O. The van der Waals surface area contributed by atoms with Crippen LogP contribution >= 0.6 is 0 Å². The lowest BCUT2D eigenvalue weighted by Crippen LogP contribution is -2.40. The van der Waals surface area contributed by atoms with Crippen LogP contribution in [0.3, 0.4) is 0 Å². The number of carbonyl (C=O) groups excluding carboxylic acids is 1. The average Bonchev–Trinajstić information content (AvgIpc) is 3.25. The molecule has 1 aromatic heterocycles. The number of rotatable bonds is 2. The lowest BCUT2D eigenvalue weighted by Gasteiger charge is -2.30. The number of hydrogen-bond donors (Lipinski definition) is 0. The molecule has 0 aliphatic carbocycles. The highest BCUT2D eigenvalue weighted by atomic mass is 32.2. The summed E-state index contributed by atoms with van der Waals surface area (Å²) in [5, 5.41) is 0.429. The van der Waals surface area contributed by atoms with E-state index in [-0.39, 0.29) is 28.1 Å². The van der Waals surface area contributed by atoms with Crippen LogP contribution in [0, 0.1) is 6.92 Å². The molecule has 1 amide bonds. The van der Waals surface area contributed by atoms with Gasteiger partial charge >= 0.3 is 0 Å². The van der Waals surface area contributed by atoms with E-state index in [1.54, 1.807) is 17.0 Å². The van der Waals surface area contributed by atoms with Gasteiger partial charge in [0.15, 0.2) is 15.3 Å². The first-order chi connectivity index (χ1) is 15.5. The van der Waals surface area contributed by atoms with Crippen LogP contribution in [0.2, 0.25) is 0 Å². The summed E-state index contributed by atoms with van der Waals surface area (Å²) >= 11 is 0. The minimum absolute atomic E-state index is 0.0190. The molecule has 0 N–H and O–H groups in total. The standard InChI is InChI=1S/C26H27NO5S/c1-15-5-10-20-19(13-15)23(28)21-22(16-6-8-17(9-7-16)26(2,3)4)27(25(29)24(21)32-20)18-11-12-33(30,31)14-18/h5-10,13,18,22H,11-12,14H2,1-4H3. The first kappa shape index (κ1) is 21.9. The third-order valence-electron chi connectivity index (χ3n) is 6.76. The highest BCUT2D eigenvalue weighted by Gasteiger charge is 2.48. The van der Waals surface area contributed by atoms with Crippen molar-refractivity contribution < 1.29 is 17.6 Å². The summed E-state index contributed by atoms with van der Waals surface area (Å²) in [6.07, 6.45) is 0.353. The number of amides is 1. The first-order valence-electron chi connectivity index (χ1n) is 11.2. The van der Waals surface area contributed by atoms with Crippen LogP contribution < -0.4 is 5.43 Å². The summed E-state index contributed by atoms with van der Waals surface area (Å²) in [5.74, 6) is -0.464. The molecular weight excluding hydrogens is 438 g/mol. The largest absolute Gasteiger partial charge is 0.450 e. The molecule has 6 nitrogen and oxygen atoms in total. The molecule has 2 unspecified atom stereocenters. The van der Waals surface area contributed by atoms with E-state index in [9.17, 15) is 18.0 Å². The summed E-state index contributed by atoms with van der Waals surface area (Å²) in [5.41, 5.74) is 3.20. The monoisotopic (exact) mass is 465 g/mol. The Balaban J connectivity index is 1.73. The number of sulfone groups is 1. The van der Waals surface area contributed by atoms with Gasteiger partial charge in [-0.05, 0) is 42.0 Å². The normalized spacial score (nSPS) is 22.2. The molecule has 0 saturated carbocycles. The van der Waals surface area contributed by atoms with Crippen molar-refractivity contribution in [2.75, 3.05) is 11.5 Å². The molecule has 1 saturated heterocycles. The van der Waals surface area contributed by atoms with E-state index in [4.69, 9.17) is 4.42 Å². The molecule has 3 aromatic rings. The summed E-state index contributed by atoms with van der Waals surface area (Å²) < 4.78 is 30.5. The Bertz CT molecular complexity index is 1450. The molecule has 2 aromatic carbocycles. The van der Waals surface area contributed by atoms with Crippen molar-refractivity contribution in [2.45, 2.75) is 51.6 Å². The van der Waals surface area contributed by atoms with Gasteiger partial charge in [0.2, 0.25) is 5.76 Å². The van der Waals surface area contributed by atoms with Gasteiger partial charge < -0.3 is 9.32 Å². The number of fused-ring (bicyclic) bond motifs is 2. The minimum atomic E-state index is -3.23. The van der Waals surface area contributed by atoms with Gasteiger partial charge in [0.25, 0.3) is 5.91 Å². The highest BCUT2D eigenvalue weighted by molar-refractivity contribution is 7.91. The van der Waals surface area contributed by atoms with Crippen LogP contribution in [-0.2, 0) is 15.3 Å². The average molecular weight is 466 g/mol. The second kappa shape index (κ2) is 7.29. The number of carbonyl (C=O) groups is 1. The molecule has 3 heterocycles. The molecule has 0 radical (unpaired) electrons. The van der Waals surface area contributed by atoms with E-state index in [0.717, 1.165) is 16.7 Å². The molecule has 172 valence electrons.